The number of hydrogen-bond donors (Lipinski definition) is 3. The Morgan fingerprint density at radius 2 is 1.58 bits per heavy atom. The highest BCUT2D eigenvalue weighted by Crippen LogP contribution is 2.32. The first-order valence-electron chi connectivity index (χ1n) is 10.6. The van der Waals surface area contributed by atoms with E-state index >= 15 is 0 Å². The molecule has 3 N–H and O–H groups in total. The first kappa shape index (κ1) is 22.7. The Morgan fingerprint density at radius 1 is 0.861 bits per heavy atom. The maximum atomic E-state index is 12.6. The van der Waals surface area contributed by atoms with Crippen molar-refractivity contribution in [2.24, 2.45) is 0 Å². The van der Waals surface area contributed by atoms with Crippen molar-refractivity contribution in [3.63, 3.8) is 0 Å². The smallest absolute Gasteiger partial charge is 0.324 e. The van der Waals surface area contributed by atoms with Crippen molar-refractivity contribution in [1.29, 1.82) is 0 Å². The maximum Gasteiger partial charge on any atom is 0.324 e. The summed E-state index contributed by atoms with van der Waals surface area (Å²) < 4.78 is 5.74. The number of aromatic amines is 1. The van der Waals surface area contributed by atoms with Crippen LogP contribution in [-0.2, 0) is 0 Å². The zero-order valence-electron chi connectivity index (χ0n) is 18.4. The van der Waals surface area contributed by atoms with E-state index in [9.17, 15) is 19.7 Å². The number of hydrogen-bond acceptors (Lipinski definition) is 7. The second-order valence-electron chi connectivity index (χ2n) is 7.56. The summed E-state index contributed by atoms with van der Waals surface area (Å²) in [5.41, 5.74) is 6.56. The number of benzene rings is 3. The molecule has 0 unspecified atom stereocenters. The molecule has 0 bridgehead atoms. The van der Waals surface area contributed by atoms with E-state index in [4.69, 9.17) is 4.74 Å². The average Bonchev–Trinajstić information content (AvgIpc) is 3.55. The molecule has 0 atom stereocenters. The molecule has 178 valence electrons. The molecule has 2 heterocycles. The summed E-state index contributed by atoms with van der Waals surface area (Å²) in [6.45, 7) is 0. The third kappa shape index (κ3) is 4.91. The van der Waals surface area contributed by atoms with Gasteiger partial charge >= 0.3 is 5.00 Å². The molecule has 0 aliphatic heterocycles. The van der Waals surface area contributed by atoms with Gasteiger partial charge in [0.15, 0.2) is 0 Å². The molecule has 36 heavy (non-hydrogen) atoms. The van der Waals surface area contributed by atoms with Gasteiger partial charge in [-0.2, -0.15) is 0 Å². The minimum absolute atomic E-state index is 0.0124. The summed E-state index contributed by atoms with van der Waals surface area (Å²) in [5.74, 6) is 0.553. The van der Waals surface area contributed by atoms with Crippen LogP contribution in [0.4, 0.5) is 5.00 Å². The van der Waals surface area contributed by atoms with Gasteiger partial charge in [-0.05, 0) is 54.6 Å². The largest absolute Gasteiger partial charge is 0.457 e. The molecule has 2 amide bonds. The van der Waals surface area contributed by atoms with E-state index in [1.54, 1.807) is 60.7 Å². The standard InChI is InChI=1S/C25H17N5O5S/c31-24(15-5-4-8-18(13-15)35-17-6-2-1-3-7-17)28-29-25(32)16-9-10-19-20(14-16)27-23(26-19)21-11-12-22(36-21)30(33)34/h1-14H,(H,26,27)(H,28,31)(H,29,32). The Labute approximate surface area is 207 Å². The van der Waals surface area contributed by atoms with Crippen molar-refractivity contribution >= 4 is 39.2 Å². The molecular formula is C25H17N5O5S. The zero-order chi connectivity index (χ0) is 25.1. The number of fused-ring (bicyclic) bond motifs is 1. The third-order valence-corrected chi connectivity index (χ3v) is 6.16. The van der Waals surface area contributed by atoms with Gasteiger partial charge in [-0.15, -0.1) is 0 Å². The third-order valence-electron chi connectivity index (χ3n) is 5.11. The number of carbonyl (C=O) groups is 2. The van der Waals surface area contributed by atoms with E-state index in [0.717, 1.165) is 11.3 Å². The van der Waals surface area contributed by atoms with Gasteiger partial charge in [-0.1, -0.05) is 35.6 Å². The van der Waals surface area contributed by atoms with E-state index < -0.39 is 16.7 Å². The van der Waals surface area contributed by atoms with E-state index in [2.05, 4.69) is 20.8 Å². The number of H-pyrrole nitrogens is 1. The number of thiophene rings is 1. The number of nitro groups is 1. The second kappa shape index (κ2) is 9.68. The number of imidazole rings is 1. The van der Waals surface area contributed by atoms with Gasteiger partial charge in [0.2, 0.25) is 0 Å². The van der Waals surface area contributed by atoms with Crippen LogP contribution in [0.2, 0.25) is 0 Å². The SMILES string of the molecule is O=C(NNC(=O)c1ccc2nc(-c3ccc([N+](=O)[O-])s3)[nH]c2c1)c1cccc(Oc2ccccc2)c1. The molecule has 3 aromatic carbocycles. The summed E-state index contributed by atoms with van der Waals surface area (Å²) in [4.78, 5) is 43.8. The van der Waals surface area contributed by atoms with Crippen LogP contribution in [0.5, 0.6) is 11.5 Å². The summed E-state index contributed by atoms with van der Waals surface area (Å²) in [6.07, 6.45) is 0. The highest BCUT2D eigenvalue weighted by atomic mass is 32.1. The lowest BCUT2D eigenvalue weighted by atomic mass is 10.2. The number of nitrogens with one attached hydrogen (secondary N) is 3. The minimum atomic E-state index is -0.523. The Balaban J connectivity index is 1.25. The number of nitrogens with zero attached hydrogens (tertiary/aromatic N) is 2. The van der Waals surface area contributed by atoms with Gasteiger partial charge in [-0.3, -0.25) is 30.6 Å². The van der Waals surface area contributed by atoms with E-state index in [-0.39, 0.29) is 10.6 Å². The number of aromatic nitrogens is 2. The van der Waals surface area contributed by atoms with Gasteiger partial charge in [0.25, 0.3) is 11.8 Å². The van der Waals surface area contributed by atoms with Crippen molar-refractivity contribution in [2.75, 3.05) is 0 Å². The van der Waals surface area contributed by atoms with E-state index in [0.29, 0.717) is 38.8 Å². The first-order valence-corrected chi connectivity index (χ1v) is 11.5. The number of rotatable bonds is 6. The number of carbonyl (C=O) groups excluding carboxylic acids is 2. The van der Waals surface area contributed by atoms with Gasteiger partial charge in [0.1, 0.15) is 17.3 Å². The molecule has 5 aromatic rings. The Kier molecular flexibility index (Phi) is 6.12. The van der Waals surface area contributed by atoms with Crippen molar-refractivity contribution in [3.05, 3.63) is 106 Å². The Bertz CT molecular complexity index is 1600. The molecule has 0 saturated carbocycles. The van der Waals surface area contributed by atoms with Crippen LogP contribution in [0.1, 0.15) is 20.7 Å². The van der Waals surface area contributed by atoms with E-state index in [1.165, 1.54) is 6.07 Å². The highest BCUT2D eigenvalue weighted by Gasteiger charge is 2.15. The topological polar surface area (TPSA) is 139 Å². The molecule has 0 aliphatic rings. The van der Waals surface area contributed by atoms with Gasteiger partial charge in [0.05, 0.1) is 20.8 Å². The predicted octanol–water partition coefficient (Wildman–Crippen LogP) is 5.07. The second-order valence-corrected chi connectivity index (χ2v) is 8.63. The molecular weight excluding hydrogens is 482 g/mol. The van der Waals surface area contributed by atoms with Crippen molar-refractivity contribution in [1.82, 2.24) is 20.8 Å². The predicted molar refractivity (Wildman–Crippen MR) is 134 cm³/mol. The number of ether oxygens (including phenoxy) is 1. The minimum Gasteiger partial charge on any atom is -0.457 e. The van der Waals surface area contributed by atoms with E-state index in [1.807, 2.05) is 18.2 Å². The summed E-state index contributed by atoms with van der Waals surface area (Å²) in [5, 5.41) is 10.9. The van der Waals surface area contributed by atoms with Crippen molar-refractivity contribution in [2.45, 2.75) is 0 Å². The Hall–Kier alpha value is -5.03. The van der Waals surface area contributed by atoms with Crippen LogP contribution in [-0.4, -0.2) is 26.7 Å². The van der Waals surface area contributed by atoms with Crippen LogP contribution in [0, 0.1) is 10.1 Å². The van der Waals surface area contributed by atoms with Crippen LogP contribution in [0.3, 0.4) is 0 Å². The van der Waals surface area contributed by atoms with Crippen molar-refractivity contribution < 1.29 is 19.2 Å². The quantitative estimate of drug-likeness (QED) is 0.220. The fourth-order valence-electron chi connectivity index (χ4n) is 3.40. The summed E-state index contributed by atoms with van der Waals surface area (Å²) >= 11 is 1.00. The Morgan fingerprint density at radius 3 is 2.31 bits per heavy atom. The lowest BCUT2D eigenvalue weighted by Gasteiger charge is -2.09. The molecule has 2 aromatic heterocycles. The average molecular weight is 500 g/mol. The van der Waals surface area contributed by atoms with Gasteiger partial charge in [-0.25, -0.2) is 4.98 Å². The first-order chi connectivity index (χ1) is 17.5. The number of para-hydroxylation sites is 1. The number of amides is 2. The van der Waals surface area contributed by atoms with Crippen LogP contribution in [0.15, 0.2) is 84.9 Å². The summed E-state index contributed by atoms with van der Waals surface area (Å²) in [6, 6.07) is 23.6. The van der Waals surface area contributed by atoms with Crippen LogP contribution < -0.4 is 15.6 Å². The molecule has 11 heteroatoms. The molecule has 5 rings (SSSR count). The van der Waals surface area contributed by atoms with Gasteiger partial charge < -0.3 is 9.72 Å². The zero-order valence-corrected chi connectivity index (χ0v) is 19.2. The van der Waals surface area contributed by atoms with Crippen LogP contribution in [0.25, 0.3) is 21.7 Å². The fraction of sp³-hybridized carbons (Fsp3) is 0. The van der Waals surface area contributed by atoms with Crippen molar-refractivity contribution in [3.8, 4) is 22.2 Å². The normalized spacial score (nSPS) is 10.7. The lowest BCUT2D eigenvalue weighted by molar-refractivity contribution is -0.380. The molecule has 0 aliphatic carbocycles. The molecule has 0 fully saturated rings. The molecule has 10 nitrogen and oxygen atoms in total. The maximum absolute atomic E-state index is 12.6. The molecule has 0 saturated heterocycles. The monoisotopic (exact) mass is 499 g/mol. The number of hydrazine groups is 1. The fourth-order valence-corrected chi connectivity index (χ4v) is 4.17. The molecule has 0 radical (unpaired) electrons. The van der Waals surface area contributed by atoms with Gasteiger partial charge in [0, 0.05) is 17.2 Å². The highest BCUT2D eigenvalue weighted by molar-refractivity contribution is 7.18. The van der Waals surface area contributed by atoms with Crippen LogP contribution >= 0.6 is 11.3 Å². The molecule has 0 spiro atoms. The lowest BCUT2D eigenvalue weighted by Crippen LogP contribution is -2.41. The summed E-state index contributed by atoms with van der Waals surface area (Å²) in [7, 11) is 0.